The molecule has 2 aromatic carbocycles. The van der Waals surface area contributed by atoms with Gasteiger partial charge in [-0.05, 0) is 17.7 Å². The second kappa shape index (κ2) is 9.75. The normalized spacial score (nSPS) is 10.1. The van der Waals surface area contributed by atoms with E-state index in [1.165, 1.54) is 33.3 Å². The topological polar surface area (TPSA) is 90.9 Å². The molecule has 1 N–H and O–H groups in total. The molecule has 0 radical (unpaired) electrons. The van der Waals surface area contributed by atoms with Gasteiger partial charge in [0.05, 0.1) is 24.8 Å². The van der Waals surface area contributed by atoms with Crippen LogP contribution in [-0.2, 0) is 16.1 Å². The lowest BCUT2D eigenvalue weighted by atomic mass is 10.1. The number of methoxy groups -OCH3 is 2. The Bertz CT molecular complexity index is 879. The number of ether oxygens (including phenoxy) is 3. The van der Waals surface area contributed by atoms with E-state index in [9.17, 15) is 14.4 Å². The van der Waals surface area contributed by atoms with E-state index in [1.807, 2.05) is 0 Å². The highest BCUT2D eigenvalue weighted by Gasteiger charge is 2.17. The molecule has 1 amide bonds. The van der Waals surface area contributed by atoms with Crippen molar-refractivity contribution in [3.63, 3.8) is 0 Å². The van der Waals surface area contributed by atoms with Crippen LogP contribution in [-0.4, -0.2) is 38.5 Å². The minimum absolute atomic E-state index is 0.137. The third-order valence-corrected chi connectivity index (χ3v) is 4.10. The fraction of sp³-hybridized carbons (Fsp3) is 0.250. The molecule has 0 spiro atoms. The molecule has 0 aliphatic heterocycles. The van der Waals surface area contributed by atoms with Crippen LogP contribution in [0.2, 0.25) is 5.02 Å². The van der Waals surface area contributed by atoms with Crippen LogP contribution in [0.3, 0.4) is 0 Å². The van der Waals surface area contributed by atoms with Crippen LogP contribution in [0.25, 0.3) is 0 Å². The van der Waals surface area contributed by atoms with Gasteiger partial charge >= 0.3 is 5.97 Å². The smallest absolute Gasteiger partial charge is 0.338 e. The van der Waals surface area contributed by atoms with Crippen molar-refractivity contribution in [1.29, 1.82) is 0 Å². The Morgan fingerprint density at radius 2 is 1.68 bits per heavy atom. The number of esters is 1. The van der Waals surface area contributed by atoms with Crippen LogP contribution in [0.4, 0.5) is 0 Å². The number of ketones is 1. The van der Waals surface area contributed by atoms with Gasteiger partial charge < -0.3 is 19.5 Å². The summed E-state index contributed by atoms with van der Waals surface area (Å²) in [6, 6.07) is 9.47. The summed E-state index contributed by atoms with van der Waals surface area (Å²) in [7, 11) is 2.85. The monoisotopic (exact) mass is 405 g/mol. The van der Waals surface area contributed by atoms with E-state index < -0.39 is 12.6 Å². The van der Waals surface area contributed by atoms with Crippen molar-refractivity contribution in [2.75, 3.05) is 20.8 Å². The van der Waals surface area contributed by atoms with E-state index in [2.05, 4.69) is 5.32 Å². The molecule has 8 heteroatoms. The molecule has 0 unspecified atom stereocenters. The summed E-state index contributed by atoms with van der Waals surface area (Å²) in [5, 5.41) is 2.86. The van der Waals surface area contributed by atoms with E-state index in [4.69, 9.17) is 25.8 Å². The summed E-state index contributed by atoms with van der Waals surface area (Å²) < 4.78 is 15.3. The van der Waals surface area contributed by atoms with Crippen LogP contribution in [0.5, 0.6) is 11.5 Å². The second-order valence-electron chi connectivity index (χ2n) is 5.80. The number of carbonyl (C=O) groups excluding carboxylic acids is 3. The molecule has 0 fully saturated rings. The van der Waals surface area contributed by atoms with Gasteiger partial charge in [-0.1, -0.05) is 35.9 Å². The Balaban J connectivity index is 1.99. The fourth-order valence-electron chi connectivity index (χ4n) is 2.37. The molecule has 0 aromatic heterocycles. The highest BCUT2D eigenvalue weighted by Crippen LogP contribution is 2.36. The zero-order valence-corrected chi connectivity index (χ0v) is 16.5. The van der Waals surface area contributed by atoms with Gasteiger partial charge in [0, 0.05) is 19.0 Å². The summed E-state index contributed by atoms with van der Waals surface area (Å²) >= 11 is 6.07. The minimum Gasteiger partial charge on any atom is -0.493 e. The number of halogens is 1. The van der Waals surface area contributed by atoms with Gasteiger partial charge in [-0.2, -0.15) is 0 Å². The molecular weight excluding hydrogens is 386 g/mol. The van der Waals surface area contributed by atoms with Crippen LogP contribution >= 0.6 is 11.6 Å². The Hall–Kier alpha value is -3.06. The first kappa shape index (κ1) is 21.2. The number of carbonyl (C=O) groups is 3. The molecule has 0 saturated carbocycles. The van der Waals surface area contributed by atoms with E-state index in [0.29, 0.717) is 17.9 Å². The molecule has 148 valence electrons. The first-order valence-corrected chi connectivity index (χ1v) is 8.68. The molecule has 28 heavy (non-hydrogen) atoms. The number of amides is 1. The van der Waals surface area contributed by atoms with E-state index in [1.54, 1.807) is 24.3 Å². The van der Waals surface area contributed by atoms with Gasteiger partial charge in [0.2, 0.25) is 5.91 Å². The quantitative estimate of drug-likeness (QED) is 0.536. The lowest BCUT2D eigenvalue weighted by molar-refractivity contribution is -0.119. The van der Waals surface area contributed by atoms with E-state index in [-0.39, 0.29) is 28.0 Å². The Morgan fingerprint density at radius 1 is 1.00 bits per heavy atom. The lowest BCUT2D eigenvalue weighted by Gasteiger charge is -2.11. The lowest BCUT2D eigenvalue weighted by Crippen LogP contribution is -2.19. The maximum atomic E-state index is 12.2. The summed E-state index contributed by atoms with van der Waals surface area (Å²) in [6.07, 6.45) is 0. The van der Waals surface area contributed by atoms with Crippen molar-refractivity contribution in [2.24, 2.45) is 0 Å². The molecule has 0 saturated heterocycles. The largest absolute Gasteiger partial charge is 0.493 e. The average molecular weight is 406 g/mol. The number of Topliss-reactive ketones (excluding diaryl/α,β-unsaturated/α-hetero) is 1. The highest BCUT2D eigenvalue weighted by atomic mass is 35.5. The fourth-order valence-corrected chi connectivity index (χ4v) is 2.66. The van der Waals surface area contributed by atoms with Gasteiger partial charge in [0.25, 0.3) is 0 Å². The Labute approximate surface area is 167 Å². The molecule has 0 bridgehead atoms. The SMILES string of the molecule is COc1cc(C(=O)OCC(=O)c2ccc(CNC(C)=O)cc2)cc(Cl)c1OC. The summed E-state index contributed by atoms with van der Waals surface area (Å²) in [5.41, 5.74) is 1.38. The summed E-state index contributed by atoms with van der Waals surface area (Å²) in [5.74, 6) is -0.619. The first-order valence-electron chi connectivity index (χ1n) is 8.31. The number of hydrogen-bond donors (Lipinski definition) is 1. The maximum Gasteiger partial charge on any atom is 0.338 e. The Morgan fingerprint density at radius 3 is 2.25 bits per heavy atom. The predicted octanol–water partition coefficient (Wildman–Crippen LogP) is 3.03. The van der Waals surface area contributed by atoms with E-state index >= 15 is 0 Å². The minimum atomic E-state index is -0.710. The Kier molecular flexibility index (Phi) is 7.40. The van der Waals surface area contributed by atoms with Crippen molar-refractivity contribution in [3.05, 3.63) is 58.1 Å². The zero-order chi connectivity index (χ0) is 20.7. The number of hydrogen-bond acceptors (Lipinski definition) is 6. The van der Waals surface area contributed by atoms with E-state index in [0.717, 1.165) is 5.56 Å². The number of rotatable bonds is 8. The molecule has 7 nitrogen and oxygen atoms in total. The molecule has 2 aromatic rings. The molecule has 0 aliphatic carbocycles. The second-order valence-corrected chi connectivity index (χ2v) is 6.21. The van der Waals surface area contributed by atoms with Crippen LogP contribution in [0.15, 0.2) is 36.4 Å². The third-order valence-electron chi connectivity index (χ3n) is 3.82. The zero-order valence-electron chi connectivity index (χ0n) is 15.7. The van der Waals surface area contributed by atoms with Crippen molar-refractivity contribution in [2.45, 2.75) is 13.5 Å². The predicted molar refractivity (Wildman–Crippen MR) is 103 cm³/mol. The average Bonchev–Trinajstić information content (AvgIpc) is 2.69. The number of nitrogens with one attached hydrogen (secondary N) is 1. The van der Waals surface area contributed by atoms with Crippen LogP contribution in [0, 0.1) is 0 Å². The van der Waals surface area contributed by atoms with Gasteiger partial charge in [-0.25, -0.2) is 4.79 Å². The highest BCUT2D eigenvalue weighted by molar-refractivity contribution is 6.32. The van der Waals surface area contributed by atoms with Gasteiger partial charge in [-0.15, -0.1) is 0 Å². The van der Waals surface area contributed by atoms with Crippen molar-refractivity contribution in [1.82, 2.24) is 5.32 Å². The van der Waals surface area contributed by atoms with Crippen LogP contribution in [0.1, 0.15) is 33.2 Å². The van der Waals surface area contributed by atoms with Crippen molar-refractivity contribution < 1.29 is 28.6 Å². The van der Waals surface area contributed by atoms with Crippen molar-refractivity contribution in [3.8, 4) is 11.5 Å². The van der Waals surface area contributed by atoms with Gasteiger partial charge in [-0.3, -0.25) is 9.59 Å². The maximum absolute atomic E-state index is 12.2. The molecule has 0 heterocycles. The van der Waals surface area contributed by atoms with Gasteiger partial charge in [0.15, 0.2) is 23.9 Å². The first-order chi connectivity index (χ1) is 13.3. The number of benzene rings is 2. The van der Waals surface area contributed by atoms with Crippen molar-refractivity contribution >= 4 is 29.3 Å². The third kappa shape index (κ3) is 5.47. The standard InChI is InChI=1S/C20H20ClNO6/c1-12(23)22-10-13-4-6-14(7-5-13)17(24)11-28-20(25)15-8-16(21)19(27-3)18(9-15)26-2/h4-9H,10-11H2,1-3H3,(H,22,23). The molecular formula is C20H20ClNO6. The van der Waals surface area contributed by atoms with Crippen LogP contribution < -0.4 is 14.8 Å². The molecule has 0 atom stereocenters. The molecule has 2 rings (SSSR count). The molecule has 0 aliphatic rings. The summed E-state index contributed by atoms with van der Waals surface area (Å²) in [6.45, 7) is 1.38. The summed E-state index contributed by atoms with van der Waals surface area (Å²) in [4.78, 5) is 35.4. The van der Waals surface area contributed by atoms with Gasteiger partial charge in [0.1, 0.15) is 0 Å².